The molecule has 1 atom stereocenters. The Kier molecular flexibility index (Phi) is 5.23. The van der Waals surface area contributed by atoms with Crippen LogP contribution < -0.4 is 0 Å². The van der Waals surface area contributed by atoms with E-state index in [2.05, 4.69) is 44.5 Å². The van der Waals surface area contributed by atoms with Gasteiger partial charge in [-0.05, 0) is 31.9 Å². The van der Waals surface area contributed by atoms with Crippen molar-refractivity contribution in [2.45, 2.75) is 60.2 Å². The summed E-state index contributed by atoms with van der Waals surface area (Å²) >= 11 is 0. The van der Waals surface area contributed by atoms with Crippen LogP contribution in [0.3, 0.4) is 0 Å². The number of hydrogen-bond acceptors (Lipinski definition) is 3. The van der Waals surface area contributed by atoms with Crippen LogP contribution in [-0.4, -0.2) is 20.9 Å². The molecule has 4 nitrogen and oxygen atoms in total. The van der Waals surface area contributed by atoms with Gasteiger partial charge in [0.25, 0.3) is 0 Å². The molecule has 0 amide bonds. The lowest BCUT2D eigenvalue weighted by atomic mass is 10.0. The Morgan fingerprint density at radius 2 is 2.05 bits per heavy atom. The molecular weight excluding hydrogens is 262 g/mol. The van der Waals surface area contributed by atoms with E-state index in [1.807, 2.05) is 12.1 Å². The molecule has 0 saturated heterocycles. The molecule has 2 heterocycles. The molecule has 21 heavy (non-hydrogen) atoms. The first kappa shape index (κ1) is 15.8. The molecule has 0 saturated carbocycles. The summed E-state index contributed by atoms with van der Waals surface area (Å²) in [6.07, 6.45) is 2.68. The summed E-state index contributed by atoms with van der Waals surface area (Å²) in [6, 6.07) is 4.45. The third kappa shape index (κ3) is 3.97. The van der Waals surface area contributed by atoms with Crippen molar-refractivity contribution in [1.29, 1.82) is 0 Å². The number of nitrogens with one attached hydrogen (secondary N) is 1. The second-order valence-electron chi connectivity index (χ2n) is 6.08. The normalized spacial score (nSPS) is 13.3. The van der Waals surface area contributed by atoms with Crippen LogP contribution in [0.25, 0.3) is 0 Å². The van der Waals surface area contributed by atoms with Gasteiger partial charge in [-0.3, -0.25) is 4.90 Å². The second-order valence-corrected chi connectivity index (χ2v) is 6.08. The van der Waals surface area contributed by atoms with Crippen LogP contribution in [0.2, 0.25) is 0 Å². The highest BCUT2D eigenvalue weighted by Crippen LogP contribution is 2.19. The van der Waals surface area contributed by atoms with Gasteiger partial charge >= 0.3 is 0 Å². The third-order valence-corrected chi connectivity index (χ3v) is 4.20. The van der Waals surface area contributed by atoms with E-state index >= 15 is 0 Å². The molecular formula is C17H27N3O. The number of aromatic nitrogens is 2. The first-order chi connectivity index (χ1) is 10.0. The molecule has 116 valence electrons. The minimum absolute atomic E-state index is 0.469. The zero-order valence-electron chi connectivity index (χ0n) is 13.8. The van der Waals surface area contributed by atoms with Gasteiger partial charge in [-0.2, -0.15) is 0 Å². The van der Waals surface area contributed by atoms with Gasteiger partial charge in [0.15, 0.2) is 0 Å². The Labute approximate surface area is 127 Å². The Morgan fingerprint density at radius 1 is 1.29 bits per heavy atom. The minimum atomic E-state index is 0.469. The van der Waals surface area contributed by atoms with E-state index in [4.69, 9.17) is 9.40 Å². The summed E-state index contributed by atoms with van der Waals surface area (Å²) in [5.41, 5.74) is 2.32. The average Bonchev–Trinajstić information content (AvgIpc) is 3.07. The lowest BCUT2D eigenvalue weighted by Gasteiger charge is -2.30. The fourth-order valence-corrected chi connectivity index (χ4v) is 2.45. The van der Waals surface area contributed by atoms with Crippen LogP contribution in [-0.2, 0) is 19.5 Å². The number of rotatable bonds is 7. The summed E-state index contributed by atoms with van der Waals surface area (Å²) in [7, 11) is 0. The second kappa shape index (κ2) is 6.94. The Bertz CT molecular complexity index is 542. The zero-order chi connectivity index (χ0) is 15.4. The van der Waals surface area contributed by atoms with Crippen molar-refractivity contribution in [2.75, 3.05) is 0 Å². The van der Waals surface area contributed by atoms with Crippen LogP contribution in [0.5, 0.6) is 0 Å². The van der Waals surface area contributed by atoms with Gasteiger partial charge in [-0.15, -0.1) is 0 Å². The summed E-state index contributed by atoms with van der Waals surface area (Å²) in [4.78, 5) is 10.5. The van der Waals surface area contributed by atoms with Crippen LogP contribution in [0.1, 0.15) is 50.7 Å². The quantitative estimate of drug-likeness (QED) is 0.840. The molecule has 2 aromatic heterocycles. The number of imidazole rings is 1. The Hall–Kier alpha value is -1.55. The topological polar surface area (TPSA) is 45.1 Å². The van der Waals surface area contributed by atoms with Crippen molar-refractivity contribution in [1.82, 2.24) is 14.9 Å². The summed E-state index contributed by atoms with van der Waals surface area (Å²) in [6.45, 7) is 12.7. The molecule has 0 spiro atoms. The first-order valence-corrected chi connectivity index (χ1v) is 7.82. The molecule has 2 rings (SSSR count). The van der Waals surface area contributed by atoms with Crippen molar-refractivity contribution in [3.05, 3.63) is 41.4 Å². The van der Waals surface area contributed by atoms with Crippen LogP contribution in [0, 0.1) is 12.8 Å². The molecule has 0 aliphatic rings. The molecule has 1 unspecified atom stereocenters. The van der Waals surface area contributed by atoms with Gasteiger partial charge in [0, 0.05) is 24.7 Å². The van der Waals surface area contributed by atoms with Gasteiger partial charge in [-0.25, -0.2) is 4.98 Å². The number of furan rings is 1. The van der Waals surface area contributed by atoms with Gasteiger partial charge < -0.3 is 9.40 Å². The zero-order valence-corrected chi connectivity index (χ0v) is 13.8. The van der Waals surface area contributed by atoms with Crippen molar-refractivity contribution in [3.8, 4) is 0 Å². The number of hydrogen-bond donors (Lipinski definition) is 1. The maximum absolute atomic E-state index is 5.52. The standard InChI is InChI=1S/C17H27N3O/c1-6-17-18-13(4)16(19-17)11-20(14(5)12(2)3)10-15-8-7-9-21-15/h7-9,12,14H,6,10-11H2,1-5H3,(H,18,19). The SMILES string of the molecule is CCc1nc(CN(Cc2ccco2)C(C)C(C)C)c(C)[nH]1. The summed E-state index contributed by atoms with van der Waals surface area (Å²) in [5.74, 6) is 2.66. The summed E-state index contributed by atoms with van der Waals surface area (Å²) < 4.78 is 5.52. The van der Waals surface area contributed by atoms with Crippen LogP contribution >= 0.6 is 0 Å². The van der Waals surface area contributed by atoms with E-state index in [1.54, 1.807) is 6.26 Å². The molecule has 0 radical (unpaired) electrons. The van der Waals surface area contributed by atoms with Gasteiger partial charge in [0.2, 0.25) is 0 Å². The van der Waals surface area contributed by atoms with Crippen molar-refractivity contribution in [3.63, 3.8) is 0 Å². The molecule has 0 bridgehead atoms. The number of aryl methyl sites for hydroxylation is 2. The highest BCUT2D eigenvalue weighted by Gasteiger charge is 2.21. The van der Waals surface area contributed by atoms with E-state index in [-0.39, 0.29) is 0 Å². The van der Waals surface area contributed by atoms with Gasteiger partial charge in [-0.1, -0.05) is 20.8 Å². The minimum Gasteiger partial charge on any atom is -0.468 e. The van der Waals surface area contributed by atoms with Crippen molar-refractivity contribution in [2.24, 2.45) is 5.92 Å². The summed E-state index contributed by atoms with van der Waals surface area (Å²) in [5, 5.41) is 0. The molecule has 0 aliphatic carbocycles. The van der Waals surface area contributed by atoms with E-state index in [9.17, 15) is 0 Å². The Balaban J connectivity index is 2.16. The smallest absolute Gasteiger partial charge is 0.117 e. The molecule has 0 aliphatic heterocycles. The van der Waals surface area contributed by atoms with Gasteiger partial charge in [0.1, 0.15) is 11.6 Å². The predicted molar refractivity (Wildman–Crippen MR) is 85.0 cm³/mol. The molecule has 0 aromatic carbocycles. The van der Waals surface area contributed by atoms with E-state index in [0.717, 1.165) is 36.8 Å². The first-order valence-electron chi connectivity index (χ1n) is 7.82. The number of aromatic amines is 1. The maximum Gasteiger partial charge on any atom is 0.117 e. The highest BCUT2D eigenvalue weighted by molar-refractivity contribution is 5.13. The number of nitrogens with zero attached hydrogens (tertiary/aromatic N) is 2. The molecule has 1 N–H and O–H groups in total. The fraction of sp³-hybridized carbons (Fsp3) is 0.588. The predicted octanol–water partition coefficient (Wildman–Crippen LogP) is 3.92. The molecule has 2 aromatic rings. The van der Waals surface area contributed by atoms with Crippen LogP contribution in [0.15, 0.2) is 22.8 Å². The third-order valence-electron chi connectivity index (χ3n) is 4.20. The maximum atomic E-state index is 5.52. The van der Waals surface area contributed by atoms with E-state index < -0.39 is 0 Å². The van der Waals surface area contributed by atoms with Crippen molar-refractivity contribution < 1.29 is 4.42 Å². The molecule has 0 fully saturated rings. The van der Waals surface area contributed by atoms with E-state index in [0.29, 0.717) is 12.0 Å². The van der Waals surface area contributed by atoms with Gasteiger partial charge in [0.05, 0.1) is 18.5 Å². The van der Waals surface area contributed by atoms with E-state index in [1.165, 1.54) is 5.69 Å². The monoisotopic (exact) mass is 289 g/mol. The lowest BCUT2D eigenvalue weighted by molar-refractivity contribution is 0.138. The Morgan fingerprint density at radius 3 is 2.57 bits per heavy atom. The largest absolute Gasteiger partial charge is 0.468 e. The number of H-pyrrole nitrogens is 1. The highest BCUT2D eigenvalue weighted by atomic mass is 16.3. The molecule has 4 heteroatoms. The van der Waals surface area contributed by atoms with Crippen LogP contribution in [0.4, 0.5) is 0 Å². The lowest BCUT2D eigenvalue weighted by Crippen LogP contribution is -2.36. The fourth-order valence-electron chi connectivity index (χ4n) is 2.45. The van der Waals surface area contributed by atoms with Crippen molar-refractivity contribution >= 4 is 0 Å². The average molecular weight is 289 g/mol.